The van der Waals surface area contributed by atoms with Crippen LogP contribution in [0.4, 0.5) is 0 Å². The number of carbonyl (C=O) groups is 1. The molecule has 4 heteroatoms. The predicted octanol–water partition coefficient (Wildman–Crippen LogP) is 1.15. The second kappa shape index (κ2) is 1.68. The third-order valence-corrected chi connectivity index (χ3v) is 3.50. The van der Waals surface area contributed by atoms with Crippen LogP contribution in [-0.4, -0.2) is 23.3 Å². The lowest BCUT2D eigenvalue weighted by atomic mass is 9.65. The Morgan fingerprint density at radius 1 is 1.40 bits per heavy atom. The smallest absolute Gasteiger partial charge is 0.186 e. The maximum atomic E-state index is 10.8. The summed E-state index contributed by atoms with van der Waals surface area (Å²) in [7, 11) is 0. The summed E-state index contributed by atoms with van der Waals surface area (Å²) < 4.78 is 3.80. The summed E-state index contributed by atoms with van der Waals surface area (Å²) in [6.07, 6.45) is 0.486. The molecule has 2 fully saturated rings. The van der Waals surface area contributed by atoms with E-state index >= 15 is 0 Å². The molecule has 0 aromatic heterocycles. The topological polar surface area (TPSA) is 26.3 Å². The van der Waals surface area contributed by atoms with E-state index in [9.17, 15) is 4.79 Å². The Hall–Kier alpha value is 0.210. The largest absolute Gasteiger partial charge is 0.380 e. The minimum Gasteiger partial charge on any atom is -0.380 e. The van der Waals surface area contributed by atoms with Gasteiger partial charge in [-0.15, -0.1) is 0 Å². The fourth-order valence-electron chi connectivity index (χ4n) is 1.35. The predicted molar refractivity (Wildman–Crippen MR) is 37.3 cm³/mol. The number of Topliss-reactive ketones (excluding diaryl/α,β-unsaturated/α-hetero) is 1. The Labute approximate surface area is 68.4 Å². The molecule has 0 bridgehead atoms. The van der Waals surface area contributed by atoms with E-state index in [2.05, 4.69) is 0 Å². The molecule has 1 spiro atoms. The van der Waals surface area contributed by atoms with Crippen molar-refractivity contribution in [1.82, 2.24) is 0 Å². The first-order chi connectivity index (χ1) is 4.58. The van der Waals surface area contributed by atoms with Gasteiger partial charge in [0.15, 0.2) is 10.1 Å². The van der Waals surface area contributed by atoms with Gasteiger partial charge in [-0.05, 0) is 0 Å². The van der Waals surface area contributed by atoms with Gasteiger partial charge in [0, 0.05) is 6.42 Å². The maximum Gasteiger partial charge on any atom is 0.186 e. The number of hydrogen-bond acceptors (Lipinski definition) is 2. The first-order valence-electron chi connectivity index (χ1n) is 3.07. The molecule has 56 valence electrons. The molecule has 1 aliphatic heterocycles. The Balaban J connectivity index is 2.22. The number of ether oxygens (including phenoxy) is 1. The van der Waals surface area contributed by atoms with E-state index in [1.807, 2.05) is 0 Å². The number of ketones is 1. The molecule has 0 N–H and O–H groups in total. The van der Waals surface area contributed by atoms with E-state index < -0.39 is 4.33 Å². The number of carbonyl (C=O) groups excluding carboxylic acids is 1. The fourth-order valence-corrected chi connectivity index (χ4v) is 1.84. The van der Waals surface area contributed by atoms with Gasteiger partial charge in [-0.3, -0.25) is 4.79 Å². The van der Waals surface area contributed by atoms with E-state index in [-0.39, 0.29) is 11.2 Å². The monoisotopic (exact) mass is 180 g/mol. The Bertz CT molecular complexity index is 196. The maximum absolute atomic E-state index is 10.8. The molecule has 2 aliphatic rings. The van der Waals surface area contributed by atoms with Crippen molar-refractivity contribution in [3.05, 3.63) is 0 Å². The van der Waals surface area contributed by atoms with Gasteiger partial charge in [0.2, 0.25) is 0 Å². The number of hydrogen-bond donors (Lipinski definition) is 0. The third kappa shape index (κ3) is 0.536. The Morgan fingerprint density at radius 3 is 2.10 bits per heavy atom. The fraction of sp³-hybridized carbons (Fsp3) is 0.833. The number of halogens is 2. The molecule has 0 unspecified atom stereocenters. The highest BCUT2D eigenvalue weighted by Gasteiger charge is 2.68. The minimum absolute atomic E-state index is 0.0702. The average Bonchev–Trinajstić information content (AvgIpc) is 1.77. The molecule has 10 heavy (non-hydrogen) atoms. The first kappa shape index (κ1) is 6.89. The molecule has 1 aliphatic carbocycles. The highest BCUT2D eigenvalue weighted by Crippen LogP contribution is 2.58. The first-order valence-corrected chi connectivity index (χ1v) is 3.83. The van der Waals surface area contributed by atoms with Crippen LogP contribution in [0.3, 0.4) is 0 Å². The normalized spacial score (nSPS) is 33.2. The summed E-state index contributed by atoms with van der Waals surface area (Å²) >= 11 is 11.5. The van der Waals surface area contributed by atoms with Gasteiger partial charge in [-0.1, -0.05) is 23.2 Å². The van der Waals surface area contributed by atoms with Crippen molar-refractivity contribution in [3.8, 4) is 0 Å². The number of alkyl halides is 2. The lowest BCUT2D eigenvalue weighted by Gasteiger charge is -2.55. The van der Waals surface area contributed by atoms with Crippen molar-refractivity contribution in [2.24, 2.45) is 5.41 Å². The SMILES string of the molecule is O=C1CC2(COC2)C1(Cl)Cl. The lowest BCUT2D eigenvalue weighted by molar-refractivity contribution is -0.176. The van der Waals surface area contributed by atoms with Crippen LogP contribution in [0, 0.1) is 5.41 Å². The molecular formula is C6H6Cl2O2. The zero-order valence-electron chi connectivity index (χ0n) is 5.19. The van der Waals surface area contributed by atoms with Gasteiger partial charge < -0.3 is 4.74 Å². The molecular weight excluding hydrogens is 175 g/mol. The summed E-state index contributed by atoms with van der Waals surface area (Å²) in [5.41, 5.74) is -0.229. The molecule has 0 aromatic carbocycles. The lowest BCUT2D eigenvalue weighted by Crippen LogP contribution is -2.67. The molecule has 1 saturated carbocycles. The zero-order chi connectivity index (χ0) is 7.41. The summed E-state index contributed by atoms with van der Waals surface area (Å²) in [5.74, 6) is -0.0702. The van der Waals surface area contributed by atoms with Crippen molar-refractivity contribution >= 4 is 29.0 Å². The van der Waals surface area contributed by atoms with Crippen LogP contribution in [0.2, 0.25) is 0 Å². The molecule has 1 saturated heterocycles. The molecule has 0 amide bonds. The van der Waals surface area contributed by atoms with E-state index in [4.69, 9.17) is 27.9 Å². The van der Waals surface area contributed by atoms with Crippen molar-refractivity contribution in [2.45, 2.75) is 10.8 Å². The van der Waals surface area contributed by atoms with E-state index in [1.54, 1.807) is 0 Å². The van der Waals surface area contributed by atoms with Crippen LogP contribution >= 0.6 is 23.2 Å². The van der Waals surface area contributed by atoms with Crippen LogP contribution in [0.15, 0.2) is 0 Å². The summed E-state index contributed by atoms with van der Waals surface area (Å²) in [6, 6.07) is 0. The standard InChI is InChI=1S/C6H6Cl2O2/c7-6(8)4(9)1-5(6)2-10-3-5/h1-3H2. The van der Waals surface area contributed by atoms with Crippen LogP contribution in [0.1, 0.15) is 6.42 Å². The van der Waals surface area contributed by atoms with Gasteiger partial charge in [0.05, 0.1) is 18.6 Å². The average molecular weight is 181 g/mol. The van der Waals surface area contributed by atoms with Crippen LogP contribution in [0.25, 0.3) is 0 Å². The highest BCUT2D eigenvalue weighted by molar-refractivity contribution is 6.61. The summed E-state index contributed by atoms with van der Waals surface area (Å²) in [5, 5.41) is 0. The van der Waals surface area contributed by atoms with Crippen molar-refractivity contribution in [3.63, 3.8) is 0 Å². The van der Waals surface area contributed by atoms with Crippen molar-refractivity contribution in [2.75, 3.05) is 13.2 Å². The minimum atomic E-state index is -1.15. The Morgan fingerprint density at radius 2 is 2.00 bits per heavy atom. The van der Waals surface area contributed by atoms with Crippen LogP contribution in [0.5, 0.6) is 0 Å². The highest BCUT2D eigenvalue weighted by atomic mass is 35.5. The van der Waals surface area contributed by atoms with Crippen LogP contribution < -0.4 is 0 Å². The van der Waals surface area contributed by atoms with Crippen molar-refractivity contribution in [1.29, 1.82) is 0 Å². The van der Waals surface area contributed by atoms with Gasteiger partial charge in [-0.2, -0.15) is 0 Å². The van der Waals surface area contributed by atoms with E-state index in [0.717, 1.165) is 0 Å². The molecule has 2 nitrogen and oxygen atoms in total. The van der Waals surface area contributed by atoms with E-state index in [1.165, 1.54) is 0 Å². The molecule has 1 heterocycles. The molecule has 0 aromatic rings. The summed E-state index contributed by atoms with van der Waals surface area (Å²) in [4.78, 5) is 10.8. The van der Waals surface area contributed by atoms with Gasteiger partial charge in [0.1, 0.15) is 0 Å². The second-order valence-electron chi connectivity index (χ2n) is 2.95. The quantitative estimate of drug-likeness (QED) is 0.524. The summed E-state index contributed by atoms with van der Waals surface area (Å²) in [6.45, 7) is 1.07. The molecule has 0 radical (unpaired) electrons. The third-order valence-electron chi connectivity index (χ3n) is 2.27. The van der Waals surface area contributed by atoms with Gasteiger partial charge in [-0.25, -0.2) is 0 Å². The van der Waals surface area contributed by atoms with Crippen molar-refractivity contribution < 1.29 is 9.53 Å². The van der Waals surface area contributed by atoms with Gasteiger partial charge >= 0.3 is 0 Å². The second-order valence-corrected chi connectivity index (χ2v) is 4.27. The van der Waals surface area contributed by atoms with Gasteiger partial charge in [0.25, 0.3) is 0 Å². The molecule has 0 atom stereocenters. The van der Waals surface area contributed by atoms with E-state index in [0.29, 0.717) is 19.6 Å². The Kier molecular flexibility index (Phi) is 1.16. The zero-order valence-corrected chi connectivity index (χ0v) is 6.71. The molecule has 2 rings (SSSR count). The number of rotatable bonds is 0. The van der Waals surface area contributed by atoms with Crippen LogP contribution in [-0.2, 0) is 9.53 Å².